The van der Waals surface area contributed by atoms with E-state index >= 15 is 0 Å². The lowest BCUT2D eigenvalue weighted by Gasteiger charge is -2.18. The van der Waals surface area contributed by atoms with Gasteiger partial charge in [-0.25, -0.2) is 8.78 Å². The molecule has 0 heterocycles. The molecular formula is C14H13F2NO2. The van der Waals surface area contributed by atoms with Gasteiger partial charge in [-0.05, 0) is 37.3 Å². The molecule has 2 aromatic rings. The predicted molar refractivity (Wildman–Crippen MR) is 68.2 cm³/mol. The van der Waals surface area contributed by atoms with Crippen LogP contribution in [0.2, 0.25) is 0 Å². The summed E-state index contributed by atoms with van der Waals surface area (Å²) >= 11 is 0. The molecule has 0 saturated heterocycles. The molecule has 3 nitrogen and oxygen atoms in total. The number of halogens is 2. The van der Waals surface area contributed by atoms with Crippen molar-refractivity contribution in [1.29, 1.82) is 0 Å². The molecule has 3 N–H and O–H groups in total. The van der Waals surface area contributed by atoms with Crippen LogP contribution in [0.1, 0.15) is 18.5 Å². The summed E-state index contributed by atoms with van der Waals surface area (Å²) in [7, 11) is 0. The molecule has 0 aromatic heterocycles. The molecule has 19 heavy (non-hydrogen) atoms. The van der Waals surface area contributed by atoms with E-state index in [0.717, 1.165) is 12.1 Å². The molecule has 1 unspecified atom stereocenters. The Morgan fingerprint density at radius 1 is 1.05 bits per heavy atom. The number of aromatic hydroxyl groups is 2. The lowest BCUT2D eigenvalue weighted by Crippen LogP contribution is -2.09. The number of benzene rings is 2. The molecule has 2 aromatic carbocycles. The molecule has 1 atom stereocenters. The second-order valence-corrected chi connectivity index (χ2v) is 4.21. The molecule has 0 fully saturated rings. The summed E-state index contributed by atoms with van der Waals surface area (Å²) in [6, 6.07) is 6.97. The summed E-state index contributed by atoms with van der Waals surface area (Å²) in [4.78, 5) is 0. The molecule has 0 aliphatic carbocycles. The van der Waals surface area contributed by atoms with Gasteiger partial charge in [-0.2, -0.15) is 0 Å². The average molecular weight is 265 g/mol. The lowest BCUT2D eigenvalue weighted by molar-refractivity contribution is 0.451. The minimum atomic E-state index is -0.716. The van der Waals surface area contributed by atoms with E-state index in [2.05, 4.69) is 5.32 Å². The maximum Gasteiger partial charge on any atom is 0.149 e. The van der Waals surface area contributed by atoms with Gasteiger partial charge in [0.15, 0.2) is 0 Å². The minimum absolute atomic E-state index is 0.0320. The summed E-state index contributed by atoms with van der Waals surface area (Å²) in [5, 5.41) is 21.7. The molecule has 0 spiro atoms. The number of phenols is 2. The molecular weight excluding hydrogens is 252 g/mol. The van der Waals surface area contributed by atoms with Gasteiger partial charge in [0.2, 0.25) is 0 Å². The Hall–Kier alpha value is -2.30. The van der Waals surface area contributed by atoms with Gasteiger partial charge in [-0.15, -0.1) is 0 Å². The number of anilines is 1. The number of nitrogens with one attached hydrogen (secondary N) is 1. The van der Waals surface area contributed by atoms with Crippen molar-refractivity contribution in [2.75, 3.05) is 5.32 Å². The summed E-state index contributed by atoms with van der Waals surface area (Å²) in [5.41, 5.74) is 0.0837. The summed E-state index contributed by atoms with van der Waals surface area (Å²) in [6.45, 7) is 1.63. The molecule has 0 saturated carbocycles. The van der Waals surface area contributed by atoms with Crippen molar-refractivity contribution < 1.29 is 19.0 Å². The Morgan fingerprint density at radius 2 is 1.68 bits per heavy atom. The summed E-state index contributed by atoms with van der Waals surface area (Å²) < 4.78 is 27.0. The second kappa shape index (κ2) is 5.14. The van der Waals surface area contributed by atoms with Gasteiger partial charge in [0.05, 0.1) is 6.04 Å². The summed E-state index contributed by atoms with van der Waals surface area (Å²) in [6.07, 6.45) is 0. The van der Waals surface area contributed by atoms with Gasteiger partial charge in [0.25, 0.3) is 0 Å². The van der Waals surface area contributed by atoms with Gasteiger partial charge in [-0.3, -0.25) is 0 Å². The van der Waals surface area contributed by atoms with Crippen LogP contribution in [0.5, 0.6) is 11.5 Å². The molecule has 2 rings (SSSR count). The number of hydrogen-bond donors (Lipinski definition) is 3. The van der Waals surface area contributed by atoms with Crippen LogP contribution in [0.25, 0.3) is 0 Å². The van der Waals surface area contributed by atoms with Crippen LogP contribution in [-0.4, -0.2) is 10.2 Å². The van der Waals surface area contributed by atoms with Gasteiger partial charge in [0, 0.05) is 5.56 Å². The first kappa shape index (κ1) is 13.1. The number of para-hydroxylation sites is 1. The third-order valence-corrected chi connectivity index (χ3v) is 2.80. The van der Waals surface area contributed by atoms with Crippen LogP contribution in [0.3, 0.4) is 0 Å². The molecule has 0 bridgehead atoms. The molecule has 5 heteroatoms. The Labute approximate surface area is 109 Å². The van der Waals surface area contributed by atoms with Crippen molar-refractivity contribution in [3.8, 4) is 11.5 Å². The van der Waals surface area contributed by atoms with Crippen LogP contribution in [-0.2, 0) is 0 Å². The van der Waals surface area contributed by atoms with Crippen LogP contribution in [0.15, 0.2) is 36.4 Å². The highest BCUT2D eigenvalue weighted by atomic mass is 19.1. The van der Waals surface area contributed by atoms with E-state index in [1.54, 1.807) is 6.92 Å². The largest absolute Gasteiger partial charge is 0.508 e. The highest BCUT2D eigenvalue weighted by Crippen LogP contribution is 2.31. The quantitative estimate of drug-likeness (QED) is 0.744. The van der Waals surface area contributed by atoms with Crippen molar-refractivity contribution in [3.05, 3.63) is 53.6 Å². The summed E-state index contributed by atoms with van der Waals surface area (Å²) in [5.74, 6) is -1.53. The monoisotopic (exact) mass is 265 g/mol. The first-order valence-corrected chi connectivity index (χ1v) is 5.71. The third kappa shape index (κ3) is 2.76. The zero-order valence-electron chi connectivity index (χ0n) is 10.2. The SMILES string of the molecule is CC(Nc1c(F)cccc1F)c1cc(O)ccc1O. The van der Waals surface area contributed by atoms with E-state index in [-0.39, 0.29) is 17.2 Å². The third-order valence-electron chi connectivity index (χ3n) is 2.80. The van der Waals surface area contributed by atoms with Crippen LogP contribution in [0.4, 0.5) is 14.5 Å². The smallest absolute Gasteiger partial charge is 0.149 e. The van der Waals surface area contributed by atoms with Gasteiger partial charge < -0.3 is 15.5 Å². The second-order valence-electron chi connectivity index (χ2n) is 4.21. The van der Waals surface area contributed by atoms with Crippen molar-refractivity contribution in [1.82, 2.24) is 0 Å². The fraction of sp³-hybridized carbons (Fsp3) is 0.143. The van der Waals surface area contributed by atoms with Crippen molar-refractivity contribution in [2.24, 2.45) is 0 Å². The maximum absolute atomic E-state index is 13.5. The standard InChI is InChI=1S/C14H13F2NO2/c1-8(10-7-9(18)5-6-13(10)19)17-14-11(15)3-2-4-12(14)16/h2-8,17-19H,1H3. The average Bonchev–Trinajstić information content (AvgIpc) is 2.37. The Bertz CT molecular complexity index is 582. The van der Waals surface area contributed by atoms with E-state index in [1.807, 2.05) is 0 Å². The zero-order chi connectivity index (χ0) is 14.0. The highest BCUT2D eigenvalue weighted by molar-refractivity contribution is 5.50. The topological polar surface area (TPSA) is 52.5 Å². The van der Waals surface area contributed by atoms with Gasteiger partial charge >= 0.3 is 0 Å². The van der Waals surface area contributed by atoms with E-state index in [0.29, 0.717) is 5.56 Å². The fourth-order valence-electron chi connectivity index (χ4n) is 1.82. The minimum Gasteiger partial charge on any atom is -0.508 e. The normalized spacial score (nSPS) is 12.2. The molecule has 0 aliphatic rings. The Morgan fingerprint density at radius 3 is 2.32 bits per heavy atom. The van der Waals surface area contributed by atoms with Gasteiger partial charge in [-0.1, -0.05) is 6.07 Å². The molecule has 100 valence electrons. The van der Waals surface area contributed by atoms with Crippen molar-refractivity contribution in [2.45, 2.75) is 13.0 Å². The van der Waals surface area contributed by atoms with Crippen molar-refractivity contribution in [3.63, 3.8) is 0 Å². The maximum atomic E-state index is 13.5. The zero-order valence-corrected chi connectivity index (χ0v) is 10.2. The highest BCUT2D eigenvalue weighted by Gasteiger charge is 2.15. The van der Waals surface area contributed by atoms with Crippen LogP contribution < -0.4 is 5.32 Å². The predicted octanol–water partition coefficient (Wildman–Crippen LogP) is 3.55. The number of phenolic OH excluding ortho intramolecular Hbond substituents is 2. The van der Waals surface area contributed by atoms with E-state index in [4.69, 9.17) is 0 Å². The molecule has 0 amide bonds. The fourth-order valence-corrected chi connectivity index (χ4v) is 1.82. The number of hydrogen-bond acceptors (Lipinski definition) is 3. The molecule has 0 aliphatic heterocycles. The first-order chi connectivity index (χ1) is 8.99. The lowest BCUT2D eigenvalue weighted by atomic mass is 10.1. The molecule has 0 radical (unpaired) electrons. The van der Waals surface area contributed by atoms with Crippen LogP contribution >= 0.6 is 0 Å². The number of rotatable bonds is 3. The van der Waals surface area contributed by atoms with Crippen molar-refractivity contribution >= 4 is 5.69 Å². The van der Waals surface area contributed by atoms with Gasteiger partial charge in [0.1, 0.15) is 28.8 Å². The van der Waals surface area contributed by atoms with E-state index in [1.165, 1.54) is 24.3 Å². The van der Waals surface area contributed by atoms with Crippen LogP contribution in [0, 0.1) is 11.6 Å². The first-order valence-electron chi connectivity index (χ1n) is 5.71. The van der Waals surface area contributed by atoms with E-state index in [9.17, 15) is 19.0 Å². The Kier molecular flexibility index (Phi) is 3.55. The Balaban J connectivity index is 2.31. The van der Waals surface area contributed by atoms with E-state index < -0.39 is 17.7 Å².